The average molecular weight is 395 g/mol. The fraction of sp³-hybridized carbons (Fsp3) is 0.143. The summed E-state index contributed by atoms with van der Waals surface area (Å²) in [5.74, 6) is -0.597. The predicted octanol–water partition coefficient (Wildman–Crippen LogP) is 3.03. The molecule has 1 aromatic carbocycles. The van der Waals surface area contributed by atoms with Gasteiger partial charge in [-0.2, -0.15) is 0 Å². The minimum atomic E-state index is -0.313. The molecule has 0 saturated heterocycles. The van der Waals surface area contributed by atoms with Crippen LogP contribution in [0.1, 0.15) is 32.0 Å². The number of rotatable bonds is 7. The molecule has 2 amide bonds. The zero-order valence-electron chi connectivity index (χ0n) is 15.1. The van der Waals surface area contributed by atoms with Gasteiger partial charge in [0.1, 0.15) is 0 Å². The minimum absolute atomic E-state index is 0.283. The van der Waals surface area contributed by atoms with E-state index in [-0.39, 0.29) is 11.8 Å². The van der Waals surface area contributed by atoms with Gasteiger partial charge in [0.15, 0.2) is 0 Å². The summed E-state index contributed by atoms with van der Waals surface area (Å²) in [6.07, 6.45) is 5.18. The van der Waals surface area contributed by atoms with Crippen LogP contribution in [0.3, 0.4) is 0 Å². The van der Waals surface area contributed by atoms with Crippen molar-refractivity contribution in [2.75, 3.05) is 6.54 Å². The largest absolute Gasteiger partial charge is 0.352 e. The molecule has 3 rings (SSSR count). The summed E-state index contributed by atoms with van der Waals surface area (Å²) in [6, 6.07) is 14.5. The lowest BCUT2D eigenvalue weighted by Crippen LogP contribution is -2.27. The van der Waals surface area contributed by atoms with Crippen molar-refractivity contribution < 1.29 is 9.59 Å². The number of benzene rings is 1. The number of hydrogen-bond donors (Lipinski definition) is 2. The van der Waals surface area contributed by atoms with Gasteiger partial charge in [0.2, 0.25) is 0 Å². The standard InChI is InChI=1S/C21H19ClN4O2/c22-18-5-3-4-15(10-18)7-9-25-20(27)16-11-17(13-23-12-16)21(28)26-14-19-6-1-2-8-24-19/h1-6,8,10-13H,7,9,14H2,(H,25,27)(H,26,28). The molecular weight excluding hydrogens is 376 g/mol. The SMILES string of the molecule is O=C(NCCc1cccc(Cl)c1)c1cncc(C(=O)NCc2ccccn2)c1. The summed E-state index contributed by atoms with van der Waals surface area (Å²) < 4.78 is 0. The van der Waals surface area contributed by atoms with Crippen molar-refractivity contribution in [3.05, 3.63) is 94.5 Å². The molecule has 0 aliphatic heterocycles. The van der Waals surface area contributed by atoms with Crippen molar-refractivity contribution in [2.24, 2.45) is 0 Å². The highest BCUT2D eigenvalue weighted by Crippen LogP contribution is 2.11. The highest BCUT2D eigenvalue weighted by Gasteiger charge is 2.11. The molecule has 2 N–H and O–H groups in total. The van der Waals surface area contributed by atoms with Crippen molar-refractivity contribution >= 4 is 23.4 Å². The van der Waals surface area contributed by atoms with Crippen molar-refractivity contribution in [1.29, 1.82) is 0 Å². The number of pyridine rings is 2. The average Bonchev–Trinajstić information content (AvgIpc) is 2.73. The molecule has 142 valence electrons. The lowest BCUT2D eigenvalue weighted by Gasteiger charge is -2.08. The monoisotopic (exact) mass is 394 g/mol. The van der Waals surface area contributed by atoms with Crippen LogP contribution < -0.4 is 10.6 Å². The number of halogens is 1. The third kappa shape index (κ3) is 5.62. The second kappa shape index (κ2) is 9.62. The quantitative estimate of drug-likeness (QED) is 0.645. The Bertz CT molecular complexity index is 963. The summed E-state index contributed by atoms with van der Waals surface area (Å²) in [7, 11) is 0. The minimum Gasteiger partial charge on any atom is -0.352 e. The van der Waals surface area contributed by atoms with Crippen LogP contribution in [-0.4, -0.2) is 28.3 Å². The number of nitrogens with zero attached hydrogens (tertiary/aromatic N) is 2. The highest BCUT2D eigenvalue weighted by molar-refractivity contribution is 6.30. The second-order valence-corrected chi connectivity index (χ2v) is 6.54. The van der Waals surface area contributed by atoms with Crippen molar-refractivity contribution in [3.8, 4) is 0 Å². The zero-order valence-corrected chi connectivity index (χ0v) is 15.8. The molecule has 3 aromatic rings. The van der Waals surface area contributed by atoms with E-state index in [2.05, 4.69) is 20.6 Å². The van der Waals surface area contributed by atoms with E-state index in [4.69, 9.17) is 11.6 Å². The Morgan fingerprint density at radius 3 is 2.43 bits per heavy atom. The maximum atomic E-state index is 12.3. The summed E-state index contributed by atoms with van der Waals surface area (Å²) >= 11 is 5.96. The van der Waals surface area contributed by atoms with Gasteiger partial charge in [-0.3, -0.25) is 19.6 Å². The molecular formula is C21H19ClN4O2. The topological polar surface area (TPSA) is 84.0 Å². The van der Waals surface area contributed by atoms with Crippen LogP contribution in [0.5, 0.6) is 0 Å². The van der Waals surface area contributed by atoms with Crippen LogP contribution in [0.15, 0.2) is 67.1 Å². The molecule has 28 heavy (non-hydrogen) atoms. The molecule has 2 aromatic heterocycles. The Hall–Kier alpha value is -3.25. The number of carbonyl (C=O) groups is 2. The molecule has 0 aliphatic carbocycles. The first-order chi connectivity index (χ1) is 13.6. The zero-order chi connectivity index (χ0) is 19.8. The maximum absolute atomic E-state index is 12.3. The van der Waals surface area contributed by atoms with Crippen molar-refractivity contribution in [2.45, 2.75) is 13.0 Å². The van der Waals surface area contributed by atoms with Crippen molar-refractivity contribution in [1.82, 2.24) is 20.6 Å². The highest BCUT2D eigenvalue weighted by atomic mass is 35.5. The first-order valence-corrected chi connectivity index (χ1v) is 9.15. The van der Waals surface area contributed by atoms with E-state index in [9.17, 15) is 9.59 Å². The molecule has 0 spiro atoms. The number of aromatic nitrogens is 2. The summed E-state index contributed by atoms with van der Waals surface area (Å²) in [5.41, 5.74) is 2.43. The van der Waals surface area contributed by atoms with E-state index in [0.717, 1.165) is 11.3 Å². The van der Waals surface area contributed by atoms with Crippen LogP contribution in [0.2, 0.25) is 5.02 Å². The predicted molar refractivity (Wildman–Crippen MR) is 107 cm³/mol. The van der Waals surface area contributed by atoms with Gasteiger partial charge >= 0.3 is 0 Å². The van der Waals surface area contributed by atoms with E-state index in [1.807, 2.05) is 36.4 Å². The molecule has 7 heteroatoms. The van der Waals surface area contributed by atoms with Gasteiger partial charge in [-0.25, -0.2) is 0 Å². The summed E-state index contributed by atoms with van der Waals surface area (Å²) in [5, 5.41) is 6.26. The van der Waals surface area contributed by atoms with Gasteiger partial charge in [0.25, 0.3) is 11.8 Å². The summed E-state index contributed by atoms with van der Waals surface area (Å²) in [6.45, 7) is 0.755. The Labute approximate surface area is 168 Å². The van der Waals surface area contributed by atoms with E-state index in [0.29, 0.717) is 35.7 Å². The van der Waals surface area contributed by atoms with Crippen LogP contribution in [0.25, 0.3) is 0 Å². The molecule has 0 bridgehead atoms. The first kappa shape index (κ1) is 19.5. The Morgan fingerprint density at radius 1 is 0.929 bits per heavy atom. The molecule has 0 aliphatic rings. The Morgan fingerprint density at radius 2 is 1.71 bits per heavy atom. The van der Waals surface area contributed by atoms with Gasteiger partial charge in [-0.1, -0.05) is 29.8 Å². The fourth-order valence-corrected chi connectivity index (χ4v) is 2.79. The van der Waals surface area contributed by atoms with E-state index in [1.165, 1.54) is 18.5 Å². The van der Waals surface area contributed by atoms with Gasteiger partial charge in [-0.05, 0) is 42.3 Å². The van der Waals surface area contributed by atoms with E-state index < -0.39 is 0 Å². The van der Waals surface area contributed by atoms with E-state index >= 15 is 0 Å². The maximum Gasteiger partial charge on any atom is 0.253 e. The number of carbonyl (C=O) groups excluding carboxylic acids is 2. The summed E-state index contributed by atoms with van der Waals surface area (Å²) in [4.78, 5) is 32.8. The molecule has 0 saturated carbocycles. The van der Waals surface area contributed by atoms with Crippen LogP contribution in [-0.2, 0) is 13.0 Å². The molecule has 6 nitrogen and oxygen atoms in total. The lowest BCUT2D eigenvalue weighted by molar-refractivity contribution is 0.0950. The second-order valence-electron chi connectivity index (χ2n) is 6.10. The third-order valence-corrected chi connectivity index (χ3v) is 4.24. The van der Waals surface area contributed by atoms with Crippen molar-refractivity contribution in [3.63, 3.8) is 0 Å². The van der Waals surface area contributed by atoms with Gasteiger partial charge < -0.3 is 10.6 Å². The Kier molecular flexibility index (Phi) is 6.70. The molecule has 2 heterocycles. The lowest BCUT2D eigenvalue weighted by atomic mass is 10.1. The van der Waals surface area contributed by atoms with Crippen LogP contribution in [0, 0.1) is 0 Å². The van der Waals surface area contributed by atoms with Gasteiger partial charge in [0.05, 0.1) is 23.4 Å². The fourth-order valence-electron chi connectivity index (χ4n) is 2.58. The van der Waals surface area contributed by atoms with Crippen LogP contribution >= 0.6 is 11.6 Å². The number of hydrogen-bond acceptors (Lipinski definition) is 4. The third-order valence-electron chi connectivity index (χ3n) is 4.01. The number of amides is 2. The van der Waals surface area contributed by atoms with Gasteiger partial charge in [-0.15, -0.1) is 0 Å². The molecule has 0 atom stereocenters. The molecule has 0 radical (unpaired) electrons. The van der Waals surface area contributed by atoms with E-state index in [1.54, 1.807) is 12.3 Å². The van der Waals surface area contributed by atoms with Crippen LogP contribution in [0.4, 0.5) is 0 Å². The Balaban J connectivity index is 1.54. The molecule has 0 unspecified atom stereocenters. The van der Waals surface area contributed by atoms with Gasteiger partial charge in [0, 0.05) is 30.2 Å². The normalized spacial score (nSPS) is 10.3. The first-order valence-electron chi connectivity index (χ1n) is 8.77. The smallest absolute Gasteiger partial charge is 0.253 e. The number of nitrogens with one attached hydrogen (secondary N) is 2. The molecule has 0 fully saturated rings.